The van der Waals surface area contributed by atoms with Crippen molar-refractivity contribution >= 4 is 17.5 Å². The molecule has 0 aliphatic heterocycles. The maximum absolute atomic E-state index is 13.2. The highest BCUT2D eigenvalue weighted by molar-refractivity contribution is 5.88. The normalized spacial score (nSPS) is 15.5. The second kappa shape index (κ2) is 9.17. The third-order valence-electron chi connectivity index (χ3n) is 5.06. The van der Waals surface area contributed by atoms with Crippen molar-refractivity contribution in [2.45, 2.75) is 59.4 Å². The lowest BCUT2D eigenvalue weighted by molar-refractivity contribution is -0.138. The fourth-order valence-electron chi connectivity index (χ4n) is 3.57. The SMILES string of the molecule is CC(=O)Nc1cccc(CN(CC(C)(C)CN)C(=O)C2CCCCC2)c1. The summed E-state index contributed by atoms with van der Waals surface area (Å²) in [6.07, 6.45) is 5.50. The van der Waals surface area contributed by atoms with Crippen LogP contribution in [0.25, 0.3) is 0 Å². The second-order valence-corrected chi connectivity index (χ2v) is 8.28. The van der Waals surface area contributed by atoms with Crippen molar-refractivity contribution in [2.24, 2.45) is 17.1 Å². The average molecular weight is 360 g/mol. The lowest BCUT2D eigenvalue weighted by Crippen LogP contribution is -2.44. The molecule has 26 heavy (non-hydrogen) atoms. The van der Waals surface area contributed by atoms with Crippen molar-refractivity contribution in [3.63, 3.8) is 0 Å². The highest BCUT2D eigenvalue weighted by Crippen LogP contribution is 2.28. The molecule has 5 nitrogen and oxygen atoms in total. The van der Waals surface area contributed by atoms with Crippen LogP contribution in [0, 0.1) is 11.3 Å². The van der Waals surface area contributed by atoms with Gasteiger partial charge in [0.05, 0.1) is 0 Å². The van der Waals surface area contributed by atoms with E-state index in [1.165, 1.54) is 13.3 Å². The number of nitrogens with one attached hydrogen (secondary N) is 1. The molecule has 0 atom stereocenters. The fraction of sp³-hybridized carbons (Fsp3) is 0.619. The molecule has 0 saturated heterocycles. The van der Waals surface area contributed by atoms with Crippen LogP contribution in [-0.2, 0) is 16.1 Å². The predicted molar refractivity (Wildman–Crippen MR) is 106 cm³/mol. The highest BCUT2D eigenvalue weighted by Gasteiger charge is 2.29. The Morgan fingerprint density at radius 3 is 2.54 bits per heavy atom. The third kappa shape index (κ3) is 6.13. The molecule has 0 spiro atoms. The second-order valence-electron chi connectivity index (χ2n) is 8.28. The van der Waals surface area contributed by atoms with Gasteiger partial charge in [-0.15, -0.1) is 0 Å². The number of nitrogens with zero attached hydrogens (tertiary/aromatic N) is 1. The van der Waals surface area contributed by atoms with Crippen LogP contribution in [0.1, 0.15) is 58.4 Å². The van der Waals surface area contributed by atoms with E-state index in [0.29, 0.717) is 19.6 Å². The highest BCUT2D eigenvalue weighted by atomic mass is 16.2. The Morgan fingerprint density at radius 2 is 1.92 bits per heavy atom. The Kier molecular flexibility index (Phi) is 7.21. The van der Waals surface area contributed by atoms with Crippen molar-refractivity contribution in [1.82, 2.24) is 4.90 Å². The van der Waals surface area contributed by atoms with E-state index in [4.69, 9.17) is 5.73 Å². The van der Waals surface area contributed by atoms with E-state index in [0.717, 1.165) is 36.9 Å². The van der Waals surface area contributed by atoms with Crippen molar-refractivity contribution in [2.75, 3.05) is 18.4 Å². The molecule has 1 fully saturated rings. The molecule has 0 unspecified atom stereocenters. The molecule has 2 amide bonds. The largest absolute Gasteiger partial charge is 0.338 e. The van der Waals surface area contributed by atoms with Crippen LogP contribution in [0.4, 0.5) is 5.69 Å². The maximum Gasteiger partial charge on any atom is 0.225 e. The Balaban J connectivity index is 2.17. The summed E-state index contributed by atoms with van der Waals surface area (Å²) in [7, 11) is 0. The molecule has 2 rings (SSSR count). The smallest absolute Gasteiger partial charge is 0.225 e. The van der Waals surface area contributed by atoms with Crippen LogP contribution in [0.3, 0.4) is 0 Å². The minimum atomic E-state index is -0.125. The standard InChI is InChI=1S/C21H33N3O2/c1-16(25)23-19-11-7-8-17(12-19)13-24(15-21(2,3)14-22)20(26)18-9-5-4-6-10-18/h7-8,11-12,18H,4-6,9-10,13-15,22H2,1-3H3,(H,23,25). The molecular formula is C21H33N3O2. The Hall–Kier alpha value is -1.88. The van der Waals surface area contributed by atoms with Gasteiger partial charge in [-0.3, -0.25) is 9.59 Å². The summed E-state index contributed by atoms with van der Waals surface area (Å²) in [6.45, 7) is 7.42. The van der Waals surface area contributed by atoms with Gasteiger partial charge in [-0.2, -0.15) is 0 Å². The molecule has 144 valence electrons. The first-order valence-electron chi connectivity index (χ1n) is 9.66. The van der Waals surface area contributed by atoms with Crippen LogP contribution in [-0.4, -0.2) is 29.8 Å². The van der Waals surface area contributed by atoms with E-state index in [1.807, 2.05) is 29.2 Å². The topological polar surface area (TPSA) is 75.4 Å². The predicted octanol–water partition coefficient (Wildman–Crippen LogP) is 3.54. The summed E-state index contributed by atoms with van der Waals surface area (Å²) >= 11 is 0. The molecule has 1 aromatic rings. The molecule has 5 heteroatoms. The Morgan fingerprint density at radius 1 is 1.23 bits per heavy atom. The van der Waals surface area contributed by atoms with Gasteiger partial charge >= 0.3 is 0 Å². The van der Waals surface area contributed by atoms with Crippen LogP contribution in [0.5, 0.6) is 0 Å². The summed E-state index contributed by atoms with van der Waals surface area (Å²) < 4.78 is 0. The summed E-state index contributed by atoms with van der Waals surface area (Å²) in [5.74, 6) is 0.286. The number of rotatable bonds is 7. The Labute approximate surface area is 157 Å². The van der Waals surface area contributed by atoms with Crippen LogP contribution >= 0.6 is 0 Å². The van der Waals surface area contributed by atoms with Crippen LogP contribution in [0.2, 0.25) is 0 Å². The number of carbonyl (C=O) groups excluding carboxylic acids is 2. The van der Waals surface area contributed by atoms with E-state index >= 15 is 0 Å². The molecular weight excluding hydrogens is 326 g/mol. The Bertz CT molecular complexity index is 621. The first kappa shape index (κ1) is 20.4. The quantitative estimate of drug-likeness (QED) is 0.782. The fourth-order valence-corrected chi connectivity index (χ4v) is 3.57. The number of nitrogens with two attached hydrogens (primary N) is 1. The number of anilines is 1. The summed E-state index contributed by atoms with van der Waals surface area (Å²) in [4.78, 5) is 26.4. The van der Waals surface area contributed by atoms with Gasteiger partial charge in [0.2, 0.25) is 11.8 Å². The number of carbonyl (C=O) groups is 2. The van der Waals surface area contributed by atoms with E-state index < -0.39 is 0 Å². The number of amides is 2. The van der Waals surface area contributed by atoms with Gasteiger partial charge in [0.1, 0.15) is 0 Å². The number of benzene rings is 1. The molecule has 0 aromatic heterocycles. The van der Waals surface area contributed by atoms with Gasteiger partial charge in [-0.1, -0.05) is 45.2 Å². The molecule has 0 radical (unpaired) electrons. The maximum atomic E-state index is 13.2. The molecule has 0 heterocycles. The third-order valence-corrected chi connectivity index (χ3v) is 5.06. The molecule has 1 aliphatic rings. The lowest BCUT2D eigenvalue weighted by atomic mass is 9.86. The van der Waals surface area contributed by atoms with Gasteiger partial charge in [-0.25, -0.2) is 0 Å². The van der Waals surface area contributed by atoms with E-state index in [9.17, 15) is 9.59 Å². The van der Waals surface area contributed by atoms with Gasteiger partial charge in [0.25, 0.3) is 0 Å². The van der Waals surface area contributed by atoms with Gasteiger partial charge in [0, 0.05) is 31.6 Å². The molecule has 1 aromatic carbocycles. The average Bonchev–Trinajstić information content (AvgIpc) is 2.61. The van der Waals surface area contributed by atoms with Gasteiger partial charge in [-0.05, 0) is 42.5 Å². The first-order valence-corrected chi connectivity index (χ1v) is 9.66. The van der Waals surface area contributed by atoms with Crippen molar-refractivity contribution in [1.29, 1.82) is 0 Å². The van der Waals surface area contributed by atoms with Gasteiger partial charge < -0.3 is 16.0 Å². The van der Waals surface area contributed by atoms with E-state index in [1.54, 1.807) is 0 Å². The molecule has 1 aliphatic carbocycles. The van der Waals surface area contributed by atoms with Crippen molar-refractivity contribution in [3.05, 3.63) is 29.8 Å². The number of hydrogen-bond acceptors (Lipinski definition) is 3. The minimum Gasteiger partial charge on any atom is -0.338 e. The van der Waals surface area contributed by atoms with Crippen molar-refractivity contribution in [3.8, 4) is 0 Å². The summed E-state index contributed by atoms with van der Waals surface area (Å²) in [6, 6.07) is 7.72. The number of hydrogen-bond donors (Lipinski definition) is 2. The molecule has 1 saturated carbocycles. The molecule has 3 N–H and O–H groups in total. The summed E-state index contributed by atoms with van der Waals surface area (Å²) in [5, 5.41) is 2.81. The minimum absolute atomic E-state index is 0.0958. The summed E-state index contributed by atoms with van der Waals surface area (Å²) in [5.41, 5.74) is 7.58. The van der Waals surface area contributed by atoms with Crippen LogP contribution in [0.15, 0.2) is 24.3 Å². The van der Waals surface area contributed by atoms with Crippen molar-refractivity contribution < 1.29 is 9.59 Å². The lowest BCUT2D eigenvalue weighted by Gasteiger charge is -2.35. The zero-order valence-electron chi connectivity index (χ0n) is 16.4. The van der Waals surface area contributed by atoms with E-state index in [-0.39, 0.29) is 23.1 Å². The molecule has 0 bridgehead atoms. The zero-order chi connectivity index (χ0) is 19.2. The van der Waals surface area contributed by atoms with Crippen LogP contribution < -0.4 is 11.1 Å². The van der Waals surface area contributed by atoms with E-state index in [2.05, 4.69) is 19.2 Å². The monoisotopic (exact) mass is 359 g/mol. The first-order chi connectivity index (χ1) is 12.3. The van der Waals surface area contributed by atoms with Gasteiger partial charge in [0.15, 0.2) is 0 Å². The zero-order valence-corrected chi connectivity index (χ0v) is 16.4.